The number of nitrogens with zero attached hydrogens (tertiary/aromatic N) is 2. The van der Waals surface area contributed by atoms with Gasteiger partial charge in [0.05, 0.1) is 16.8 Å². The molecular formula is C12H12FN3O3S. The topological polar surface area (TPSA) is 98.2 Å². The van der Waals surface area contributed by atoms with Crippen molar-refractivity contribution in [1.82, 2.24) is 9.55 Å². The fourth-order valence-corrected chi connectivity index (χ4v) is 2.58. The summed E-state index contributed by atoms with van der Waals surface area (Å²) >= 11 is 0.955. The van der Waals surface area contributed by atoms with Gasteiger partial charge >= 0.3 is 5.97 Å². The zero-order chi connectivity index (χ0) is 14.9. The number of carboxylic acid groups (broad SMARTS) is 1. The van der Waals surface area contributed by atoms with Crippen molar-refractivity contribution in [1.29, 1.82) is 0 Å². The van der Waals surface area contributed by atoms with Gasteiger partial charge in [-0.3, -0.25) is 9.59 Å². The highest BCUT2D eigenvalue weighted by Crippen LogP contribution is 2.28. The maximum atomic E-state index is 13.3. The molecule has 0 bridgehead atoms. The van der Waals surface area contributed by atoms with E-state index in [0.29, 0.717) is 16.2 Å². The minimum Gasteiger partial charge on any atom is -0.481 e. The molecule has 1 aromatic heterocycles. The van der Waals surface area contributed by atoms with Crippen LogP contribution in [0, 0.1) is 5.82 Å². The Morgan fingerprint density at radius 2 is 2.25 bits per heavy atom. The van der Waals surface area contributed by atoms with Gasteiger partial charge in [0, 0.05) is 0 Å². The largest absolute Gasteiger partial charge is 0.481 e. The van der Waals surface area contributed by atoms with Crippen LogP contribution in [-0.2, 0) is 9.59 Å². The maximum absolute atomic E-state index is 13.3. The number of amides is 1. The van der Waals surface area contributed by atoms with Gasteiger partial charge < -0.3 is 15.4 Å². The number of aromatic nitrogens is 2. The average molecular weight is 297 g/mol. The predicted octanol–water partition coefficient (Wildman–Crippen LogP) is 1.40. The standard InChI is InChI=1S/C12H12FN3O3S/c1-6(11(14)19)16-9-4-7(13)2-3-8(9)15-12(16)20-5-10(17)18/h2-4,6H,5H2,1H3,(H2,14,19)(H,17,18). The van der Waals surface area contributed by atoms with Gasteiger partial charge in [0.15, 0.2) is 5.16 Å². The van der Waals surface area contributed by atoms with Crippen LogP contribution in [0.3, 0.4) is 0 Å². The van der Waals surface area contributed by atoms with E-state index in [1.165, 1.54) is 22.8 Å². The second kappa shape index (κ2) is 5.49. The lowest BCUT2D eigenvalue weighted by Crippen LogP contribution is -2.24. The summed E-state index contributed by atoms with van der Waals surface area (Å²) in [7, 11) is 0. The van der Waals surface area contributed by atoms with E-state index in [0.717, 1.165) is 11.8 Å². The molecule has 0 saturated carbocycles. The number of thioether (sulfide) groups is 1. The molecule has 106 valence electrons. The molecule has 0 aliphatic heterocycles. The molecule has 1 heterocycles. The van der Waals surface area contributed by atoms with Gasteiger partial charge in [0.25, 0.3) is 0 Å². The first-order valence-electron chi connectivity index (χ1n) is 5.71. The molecule has 0 saturated heterocycles. The summed E-state index contributed by atoms with van der Waals surface area (Å²) in [5.41, 5.74) is 6.16. The molecule has 1 aromatic carbocycles. The third-order valence-electron chi connectivity index (χ3n) is 2.74. The first-order valence-corrected chi connectivity index (χ1v) is 6.70. The average Bonchev–Trinajstić information content (AvgIpc) is 2.72. The van der Waals surface area contributed by atoms with Crippen LogP contribution in [0.4, 0.5) is 4.39 Å². The van der Waals surface area contributed by atoms with E-state index in [1.54, 1.807) is 6.92 Å². The van der Waals surface area contributed by atoms with Gasteiger partial charge in [0.1, 0.15) is 11.9 Å². The van der Waals surface area contributed by atoms with E-state index in [9.17, 15) is 14.0 Å². The fraction of sp³-hybridized carbons (Fsp3) is 0.250. The Morgan fingerprint density at radius 3 is 2.85 bits per heavy atom. The van der Waals surface area contributed by atoms with Crippen LogP contribution in [-0.4, -0.2) is 32.3 Å². The van der Waals surface area contributed by atoms with E-state index >= 15 is 0 Å². The third-order valence-corrected chi connectivity index (χ3v) is 3.68. The molecule has 1 amide bonds. The summed E-state index contributed by atoms with van der Waals surface area (Å²) in [6, 6.07) is 3.21. The zero-order valence-corrected chi connectivity index (χ0v) is 11.4. The minimum absolute atomic E-state index is 0.211. The van der Waals surface area contributed by atoms with Gasteiger partial charge in [-0.05, 0) is 25.1 Å². The number of imidazole rings is 1. The number of carbonyl (C=O) groups excluding carboxylic acids is 1. The highest BCUT2D eigenvalue weighted by molar-refractivity contribution is 7.99. The van der Waals surface area contributed by atoms with Crippen molar-refractivity contribution in [2.45, 2.75) is 18.1 Å². The Balaban J connectivity index is 2.57. The van der Waals surface area contributed by atoms with E-state index in [-0.39, 0.29) is 5.75 Å². The normalized spacial score (nSPS) is 12.5. The van der Waals surface area contributed by atoms with Gasteiger partial charge in [-0.15, -0.1) is 0 Å². The number of hydrogen-bond donors (Lipinski definition) is 2. The molecule has 0 radical (unpaired) electrons. The van der Waals surface area contributed by atoms with Crippen molar-refractivity contribution < 1.29 is 19.1 Å². The van der Waals surface area contributed by atoms with Crippen LogP contribution in [0.15, 0.2) is 23.4 Å². The molecule has 6 nitrogen and oxygen atoms in total. The molecule has 20 heavy (non-hydrogen) atoms. The summed E-state index contributed by atoms with van der Waals surface area (Å²) in [5.74, 6) is -2.29. The summed E-state index contributed by atoms with van der Waals surface area (Å²) in [5, 5.41) is 9.04. The van der Waals surface area contributed by atoms with Crippen LogP contribution >= 0.6 is 11.8 Å². The number of nitrogens with two attached hydrogens (primary N) is 1. The van der Waals surface area contributed by atoms with Gasteiger partial charge in [-0.25, -0.2) is 9.37 Å². The van der Waals surface area contributed by atoms with Crippen LogP contribution in [0.1, 0.15) is 13.0 Å². The van der Waals surface area contributed by atoms with E-state index < -0.39 is 23.7 Å². The molecule has 8 heteroatoms. The smallest absolute Gasteiger partial charge is 0.313 e. The van der Waals surface area contributed by atoms with Crippen molar-refractivity contribution in [2.24, 2.45) is 5.73 Å². The number of carbonyl (C=O) groups is 2. The predicted molar refractivity (Wildman–Crippen MR) is 72.0 cm³/mol. The second-order valence-corrected chi connectivity index (χ2v) is 5.10. The Bertz CT molecular complexity index is 686. The number of rotatable bonds is 5. The third kappa shape index (κ3) is 2.74. The van der Waals surface area contributed by atoms with Crippen LogP contribution in [0.2, 0.25) is 0 Å². The first-order chi connectivity index (χ1) is 9.40. The molecule has 2 aromatic rings. The summed E-state index contributed by atoms with van der Waals surface area (Å²) in [6.45, 7) is 1.55. The quantitative estimate of drug-likeness (QED) is 0.813. The van der Waals surface area contributed by atoms with Gasteiger partial charge in [0.2, 0.25) is 5.91 Å². The highest BCUT2D eigenvalue weighted by atomic mass is 32.2. The van der Waals surface area contributed by atoms with Gasteiger partial charge in [-0.1, -0.05) is 11.8 Å². The summed E-state index contributed by atoms with van der Waals surface area (Å²) < 4.78 is 14.8. The van der Waals surface area contributed by atoms with Crippen molar-refractivity contribution in [3.63, 3.8) is 0 Å². The van der Waals surface area contributed by atoms with Crippen molar-refractivity contribution in [2.75, 3.05) is 5.75 Å². The number of carboxylic acids is 1. The SMILES string of the molecule is CC(C(N)=O)n1c(SCC(=O)O)nc2ccc(F)cc21. The molecule has 1 unspecified atom stereocenters. The number of fused-ring (bicyclic) bond motifs is 1. The molecule has 2 rings (SSSR count). The number of aliphatic carboxylic acids is 1. The summed E-state index contributed by atoms with van der Waals surface area (Å²) in [4.78, 5) is 26.2. The van der Waals surface area contributed by atoms with Crippen molar-refractivity contribution in [3.8, 4) is 0 Å². The number of benzene rings is 1. The molecule has 3 N–H and O–H groups in total. The van der Waals surface area contributed by atoms with Crippen molar-refractivity contribution >= 4 is 34.7 Å². The van der Waals surface area contributed by atoms with Gasteiger partial charge in [-0.2, -0.15) is 0 Å². The van der Waals surface area contributed by atoms with E-state index in [2.05, 4.69) is 4.98 Å². The molecule has 0 aliphatic rings. The van der Waals surface area contributed by atoms with E-state index in [4.69, 9.17) is 10.8 Å². The Kier molecular flexibility index (Phi) is 3.93. The second-order valence-electron chi connectivity index (χ2n) is 4.16. The van der Waals surface area contributed by atoms with Crippen LogP contribution in [0.25, 0.3) is 11.0 Å². The lowest BCUT2D eigenvalue weighted by Gasteiger charge is -2.13. The molecule has 1 atom stereocenters. The number of halogens is 1. The molecule has 0 spiro atoms. The number of primary amides is 1. The van der Waals surface area contributed by atoms with Crippen LogP contribution in [0.5, 0.6) is 0 Å². The first kappa shape index (κ1) is 14.3. The molecule has 0 aliphatic carbocycles. The van der Waals surface area contributed by atoms with E-state index in [1.807, 2.05) is 0 Å². The Labute approximate surface area is 117 Å². The monoisotopic (exact) mass is 297 g/mol. The molecule has 0 fully saturated rings. The lowest BCUT2D eigenvalue weighted by molar-refractivity contribution is -0.133. The number of hydrogen-bond acceptors (Lipinski definition) is 4. The lowest BCUT2D eigenvalue weighted by atomic mass is 10.2. The summed E-state index contributed by atoms with van der Waals surface area (Å²) in [6.07, 6.45) is 0. The minimum atomic E-state index is -1.01. The van der Waals surface area contributed by atoms with Crippen LogP contribution < -0.4 is 5.73 Å². The maximum Gasteiger partial charge on any atom is 0.313 e. The molecular weight excluding hydrogens is 285 g/mol. The fourth-order valence-electron chi connectivity index (χ4n) is 1.77. The Hall–Kier alpha value is -2.09. The zero-order valence-electron chi connectivity index (χ0n) is 10.5. The van der Waals surface area contributed by atoms with Crippen molar-refractivity contribution in [3.05, 3.63) is 24.0 Å². The highest BCUT2D eigenvalue weighted by Gasteiger charge is 2.20. The Morgan fingerprint density at radius 1 is 1.55 bits per heavy atom.